The highest BCUT2D eigenvalue weighted by molar-refractivity contribution is 5.00. The minimum Gasteiger partial charge on any atom is -0.334 e. The zero-order valence-electron chi connectivity index (χ0n) is 6.83. The Labute approximate surface area is 66.3 Å². The summed E-state index contributed by atoms with van der Waals surface area (Å²) >= 11 is 0. The highest BCUT2D eigenvalue weighted by Gasteiger charge is 1.98. The SMILES string of the molecule is Cc1cn(CCC#N)c(C)n1. The molecule has 0 aliphatic carbocycles. The van der Waals surface area contributed by atoms with Crippen molar-refractivity contribution in [1.82, 2.24) is 9.55 Å². The summed E-state index contributed by atoms with van der Waals surface area (Å²) in [5.41, 5.74) is 1.01. The van der Waals surface area contributed by atoms with Gasteiger partial charge >= 0.3 is 0 Å². The Morgan fingerprint density at radius 1 is 1.64 bits per heavy atom. The lowest BCUT2D eigenvalue weighted by molar-refractivity contribution is 0.689. The van der Waals surface area contributed by atoms with Gasteiger partial charge in [-0.25, -0.2) is 4.98 Å². The van der Waals surface area contributed by atoms with Crippen molar-refractivity contribution in [3.63, 3.8) is 0 Å². The monoisotopic (exact) mass is 149 g/mol. The largest absolute Gasteiger partial charge is 0.334 e. The molecular weight excluding hydrogens is 138 g/mol. The fraction of sp³-hybridized carbons (Fsp3) is 0.500. The van der Waals surface area contributed by atoms with E-state index in [4.69, 9.17) is 5.26 Å². The fourth-order valence-electron chi connectivity index (χ4n) is 1.06. The van der Waals surface area contributed by atoms with Crippen LogP contribution in [0.4, 0.5) is 0 Å². The van der Waals surface area contributed by atoms with Crippen molar-refractivity contribution < 1.29 is 0 Å². The van der Waals surface area contributed by atoms with E-state index in [2.05, 4.69) is 11.1 Å². The van der Waals surface area contributed by atoms with Crippen molar-refractivity contribution in [3.8, 4) is 6.07 Å². The Kier molecular flexibility index (Phi) is 2.27. The average molecular weight is 149 g/mol. The van der Waals surface area contributed by atoms with Crippen LogP contribution < -0.4 is 0 Å². The normalized spacial score (nSPS) is 9.55. The molecule has 0 unspecified atom stereocenters. The van der Waals surface area contributed by atoms with Gasteiger partial charge in [0.15, 0.2) is 0 Å². The van der Waals surface area contributed by atoms with Gasteiger partial charge in [0.1, 0.15) is 5.82 Å². The summed E-state index contributed by atoms with van der Waals surface area (Å²) in [5.74, 6) is 0.984. The van der Waals surface area contributed by atoms with Gasteiger partial charge in [0, 0.05) is 12.7 Å². The molecule has 0 fully saturated rings. The van der Waals surface area contributed by atoms with E-state index in [1.807, 2.05) is 24.6 Å². The molecule has 1 aromatic rings. The second kappa shape index (κ2) is 3.20. The summed E-state index contributed by atoms with van der Waals surface area (Å²) < 4.78 is 2.00. The molecule has 0 aromatic carbocycles. The predicted molar refractivity (Wildman–Crippen MR) is 41.9 cm³/mol. The molecule has 0 aliphatic heterocycles. The van der Waals surface area contributed by atoms with Crippen LogP contribution in [0.15, 0.2) is 6.20 Å². The molecule has 0 radical (unpaired) electrons. The van der Waals surface area contributed by atoms with Crippen molar-refractivity contribution in [2.75, 3.05) is 0 Å². The van der Waals surface area contributed by atoms with Gasteiger partial charge in [-0.1, -0.05) is 0 Å². The fourth-order valence-corrected chi connectivity index (χ4v) is 1.06. The molecule has 0 saturated carbocycles. The van der Waals surface area contributed by atoms with E-state index in [0.717, 1.165) is 18.1 Å². The third kappa shape index (κ3) is 1.81. The summed E-state index contributed by atoms with van der Waals surface area (Å²) in [5, 5.41) is 8.34. The Hall–Kier alpha value is -1.30. The molecule has 58 valence electrons. The minimum atomic E-state index is 0.552. The molecule has 3 heteroatoms. The maximum atomic E-state index is 8.34. The standard InChI is InChI=1S/C8H11N3/c1-7-6-11(5-3-4-9)8(2)10-7/h6H,3,5H2,1-2H3. The van der Waals surface area contributed by atoms with E-state index in [9.17, 15) is 0 Å². The molecule has 1 heterocycles. The highest BCUT2D eigenvalue weighted by Crippen LogP contribution is 2.01. The molecule has 0 aliphatic rings. The van der Waals surface area contributed by atoms with Gasteiger partial charge in [-0.3, -0.25) is 0 Å². The summed E-state index contributed by atoms with van der Waals surface area (Å²) in [6.07, 6.45) is 2.52. The average Bonchev–Trinajstić information content (AvgIpc) is 2.26. The molecule has 0 atom stereocenters. The number of hydrogen-bond donors (Lipinski definition) is 0. The maximum absolute atomic E-state index is 8.34. The van der Waals surface area contributed by atoms with Gasteiger partial charge in [0.25, 0.3) is 0 Å². The third-order valence-corrected chi connectivity index (χ3v) is 1.56. The van der Waals surface area contributed by atoms with Gasteiger partial charge in [-0.2, -0.15) is 5.26 Å². The molecule has 3 nitrogen and oxygen atoms in total. The molecule has 0 bridgehead atoms. The number of nitriles is 1. The van der Waals surface area contributed by atoms with Gasteiger partial charge < -0.3 is 4.57 Å². The molecule has 11 heavy (non-hydrogen) atoms. The van der Waals surface area contributed by atoms with Gasteiger partial charge in [-0.15, -0.1) is 0 Å². The first-order chi connectivity index (χ1) is 5.24. The van der Waals surface area contributed by atoms with Gasteiger partial charge in [-0.05, 0) is 13.8 Å². The van der Waals surface area contributed by atoms with Crippen molar-refractivity contribution in [1.29, 1.82) is 5.26 Å². The minimum absolute atomic E-state index is 0.552. The maximum Gasteiger partial charge on any atom is 0.105 e. The number of nitrogens with zero attached hydrogens (tertiary/aromatic N) is 3. The lowest BCUT2D eigenvalue weighted by atomic mass is 10.4. The lowest BCUT2D eigenvalue weighted by Gasteiger charge is -1.98. The first-order valence-corrected chi connectivity index (χ1v) is 3.61. The van der Waals surface area contributed by atoms with Crippen LogP contribution in [-0.2, 0) is 6.54 Å². The third-order valence-electron chi connectivity index (χ3n) is 1.56. The van der Waals surface area contributed by atoms with E-state index in [-0.39, 0.29) is 0 Å². The molecule has 1 aromatic heterocycles. The Bertz CT molecular complexity index is 280. The topological polar surface area (TPSA) is 41.6 Å². The summed E-state index contributed by atoms with van der Waals surface area (Å²) in [7, 11) is 0. The number of aryl methyl sites for hydroxylation is 3. The molecule has 0 spiro atoms. The number of imidazole rings is 1. The highest BCUT2D eigenvalue weighted by atomic mass is 15.1. The van der Waals surface area contributed by atoms with Crippen LogP contribution in [-0.4, -0.2) is 9.55 Å². The van der Waals surface area contributed by atoms with Crippen LogP contribution in [0.2, 0.25) is 0 Å². The zero-order valence-corrected chi connectivity index (χ0v) is 6.83. The summed E-state index contributed by atoms with van der Waals surface area (Å²) in [6, 6.07) is 2.10. The van der Waals surface area contributed by atoms with E-state index < -0.39 is 0 Å². The quantitative estimate of drug-likeness (QED) is 0.638. The van der Waals surface area contributed by atoms with Gasteiger partial charge in [0.2, 0.25) is 0 Å². The van der Waals surface area contributed by atoms with Crippen molar-refractivity contribution in [2.24, 2.45) is 0 Å². The molecular formula is C8H11N3. The molecule has 0 N–H and O–H groups in total. The number of hydrogen-bond acceptors (Lipinski definition) is 2. The Morgan fingerprint density at radius 2 is 2.36 bits per heavy atom. The van der Waals surface area contributed by atoms with Crippen LogP contribution in [0.1, 0.15) is 17.9 Å². The second-order valence-corrected chi connectivity index (χ2v) is 2.53. The lowest BCUT2D eigenvalue weighted by Crippen LogP contribution is -1.97. The van der Waals surface area contributed by atoms with Crippen LogP contribution in [0, 0.1) is 25.2 Å². The van der Waals surface area contributed by atoms with Crippen LogP contribution >= 0.6 is 0 Å². The Morgan fingerprint density at radius 3 is 2.82 bits per heavy atom. The van der Waals surface area contributed by atoms with Crippen LogP contribution in [0.25, 0.3) is 0 Å². The smallest absolute Gasteiger partial charge is 0.105 e. The number of aromatic nitrogens is 2. The molecule has 0 saturated heterocycles. The van der Waals surface area contributed by atoms with E-state index in [1.54, 1.807) is 0 Å². The van der Waals surface area contributed by atoms with E-state index in [1.165, 1.54) is 0 Å². The summed E-state index contributed by atoms with van der Waals surface area (Å²) in [6.45, 7) is 4.66. The second-order valence-electron chi connectivity index (χ2n) is 2.53. The number of rotatable bonds is 2. The first-order valence-electron chi connectivity index (χ1n) is 3.61. The van der Waals surface area contributed by atoms with E-state index in [0.29, 0.717) is 6.42 Å². The van der Waals surface area contributed by atoms with E-state index >= 15 is 0 Å². The van der Waals surface area contributed by atoms with Gasteiger partial charge in [0.05, 0.1) is 18.2 Å². The van der Waals surface area contributed by atoms with Crippen molar-refractivity contribution in [2.45, 2.75) is 26.8 Å². The zero-order chi connectivity index (χ0) is 8.27. The Balaban J connectivity index is 2.71. The first kappa shape index (κ1) is 7.80. The van der Waals surface area contributed by atoms with Crippen LogP contribution in [0.5, 0.6) is 0 Å². The van der Waals surface area contributed by atoms with Crippen molar-refractivity contribution >= 4 is 0 Å². The predicted octanol–water partition coefficient (Wildman–Crippen LogP) is 1.41. The summed E-state index contributed by atoms with van der Waals surface area (Å²) in [4.78, 5) is 4.22. The molecule has 0 amide bonds. The molecule has 1 rings (SSSR count). The van der Waals surface area contributed by atoms with Crippen molar-refractivity contribution in [3.05, 3.63) is 17.7 Å². The van der Waals surface area contributed by atoms with Crippen LogP contribution in [0.3, 0.4) is 0 Å².